The first-order chi connectivity index (χ1) is 9.00. The highest BCUT2D eigenvalue weighted by Gasteiger charge is 2.17. The van der Waals surface area contributed by atoms with E-state index < -0.39 is 11.8 Å². The van der Waals surface area contributed by atoms with Gasteiger partial charge >= 0.3 is 5.97 Å². The zero-order chi connectivity index (χ0) is 14.0. The van der Waals surface area contributed by atoms with Crippen LogP contribution in [-0.2, 0) is 13.6 Å². The molecule has 2 aromatic rings. The minimum absolute atomic E-state index is 0.262. The molecule has 0 atom stereocenters. The third-order valence-electron chi connectivity index (χ3n) is 2.79. The van der Waals surface area contributed by atoms with E-state index in [1.165, 1.54) is 6.07 Å². The van der Waals surface area contributed by atoms with Crippen molar-refractivity contribution in [2.45, 2.75) is 6.54 Å². The van der Waals surface area contributed by atoms with Crippen LogP contribution in [0.1, 0.15) is 16.1 Å². The molecule has 0 aliphatic rings. The summed E-state index contributed by atoms with van der Waals surface area (Å²) in [5, 5.41) is 16.0. The molecule has 0 saturated carbocycles. The van der Waals surface area contributed by atoms with Gasteiger partial charge in [-0.15, -0.1) is 0 Å². The summed E-state index contributed by atoms with van der Waals surface area (Å²) in [6, 6.07) is 4.28. The lowest BCUT2D eigenvalue weighted by Gasteiger charge is -2.12. The average molecular weight is 264 g/mol. The van der Waals surface area contributed by atoms with Gasteiger partial charge < -0.3 is 16.2 Å². The number of benzene rings is 1. The number of carboxylic acid groups (broad SMARTS) is 1. The van der Waals surface area contributed by atoms with Crippen LogP contribution in [0.25, 0.3) is 0 Å². The van der Waals surface area contributed by atoms with Crippen molar-refractivity contribution in [3.63, 3.8) is 0 Å². The van der Waals surface area contributed by atoms with Gasteiger partial charge in [0.2, 0.25) is 0 Å². The predicted octanol–water partition coefficient (Wildman–Crippen LogP) is 1.45. The van der Waals surface area contributed by atoms with Gasteiger partial charge in [0.15, 0.2) is 0 Å². The summed E-state index contributed by atoms with van der Waals surface area (Å²) >= 11 is 0. The Hall–Kier alpha value is -2.57. The van der Waals surface area contributed by atoms with Crippen molar-refractivity contribution in [1.29, 1.82) is 0 Å². The number of nitrogen functional groups attached to an aromatic ring is 1. The number of rotatable bonds is 4. The molecule has 0 bridgehead atoms. The number of nitrogens with one attached hydrogen (secondary N) is 1. The number of hydrogen-bond donors (Lipinski definition) is 3. The Morgan fingerprint density at radius 1 is 1.53 bits per heavy atom. The minimum atomic E-state index is -1.27. The maximum absolute atomic E-state index is 13.3. The number of aryl methyl sites for hydroxylation is 1. The van der Waals surface area contributed by atoms with Crippen LogP contribution in [0.3, 0.4) is 0 Å². The Morgan fingerprint density at radius 2 is 2.26 bits per heavy atom. The molecule has 0 radical (unpaired) electrons. The van der Waals surface area contributed by atoms with Gasteiger partial charge in [-0.25, -0.2) is 9.18 Å². The van der Waals surface area contributed by atoms with Gasteiger partial charge in [0.25, 0.3) is 0 Å². The standard InChI is InChI=1S/C12H13FN4O2/c1-17-7(4-5-16-17)6-15-9-3-2-8(13)11(14)10(9)12(18)19/h2-5,15H,6,14H2,1H3,(H,18,19). The summed E-state index contributed by atoms with van der Waals surface area (Å²) in [5.41, 5.74) is 5.95. The second kappa shape index (κ2) is 4.97. The third-order valence-corrected chi connectivity index (χ3v) is 2.79. The summed E-state index contributed by atoms with van der Waals surface area (Å²) in [6.45, 7) is 0.363. The molecule has 0 amide bonds. The van der Waals surface area contributed by atoms with Crippen molar-refractivity contribution < 1.29 is 14.3 Å². The average Bonchev–Trinajstić information content (AvgIpc) is 2.76. The maximum atomic E-state index is 13.3. The summed E-state index contributed by atoms with van der Waals surface area (Å²) in [6.07, 6.45) is 1.63. The van der Waals surface area contributed by atoms with Crippen molar-refractivity contribution in [2.24, 2.45) is 7.05 Å². The quantitative estimate of drug-likeness (QED) is 0.727. The van der Waals surface area contributed by atoms with Crippen LogP contribution in [0, 0.1) is 5.82 Å². The lowest BCUT2D eigenvalue weighted by Crippen LogP contribution is -2.12. The molecule has 1 aromatic carbocycles. The Balaban J connectivity index is 2.28. The van der Waals surface area contributed by atoms with Gasteiger partial charge in [-0.05, 0) is 18.2 Å². The van der Waals surface area contributed by atoms with E-state index in [2.05, 4.69) is 10.4 Å². The number of aromatic carboxylic acids is 1. The van der Waals surface area contributed by atoms with Crippen LogP contribution >= 0.6 is 0 Å². The second-order valence-corrected chi connectivity index (χ2v) is 3.99. The summed E-state index contributed by atoms with van der Waals surface area (Å²) in [7, 11) is 1.77. The van der Waals surface area contributed by atoms with Crippen LogP contribution in [0.5, 0.6) is 0 Å². The second-order valence-electron chi connectivity index (χ2n) is 3.99. The molecular weight excluding hydrogens is 251 g/mol. The zero-order valence-electron chi connectivity index (χ0n) is 10.2. The van der Waals surface area contributed by atoms with Crippen LogP contribution in [0.4, 0.5) is 15.8 Å². The highest BCUT2D eigenvalue weighted by Crippen LogP contribution is 2.25. The lowest BCUT2D eigenvalue weighted by molar-refractivity contribution is 0.0698. The Morgan fingerprint density at radius 3 is 2.84 bits per heavy atom. The lowest BCUT2D eigenvalue weighted by atomic mass is 10.1. The minimum Gasteiger partial charge on any atom is -0.478 e. The van der Waals surface area contributed by atoms with E-state index >= 15 is 0 Å². The molecule has 4 N–H and O–H groups in total. The number of carboxylic acids is 1. The van der Waals surface area contributed by atoms with Gasteiger partial charge in [0.05, 0.1) is 23.6 Å². The molecule has 0 fully saturated rings. The first kappa shape index (κ1) is 12.9. The molecule has 100 valence electrons. The normalized spacial score (nSPS) is 10.4. The Labute approximate surface area is 108 Å². The molecule has 0 aliphatic carbocycles. The summed E-state index contributed by atoms with van der Waals surface area (Å²) in [5.74, 6) is -2.02. The largest absolute Gasteiger partial charge is 0.478 e. The number of aromatic nitrogens is 2. The molecule has 19 heavy (non-hydrogen) atoms. The molecule has 6 nitrogen and oxygen atoms in total. The highest BCUT2D eigenvalue weighted by molar-refractivity contribution is 6.00. The molecule has 0 saturated heterocycles. The SMILES string of the molecule is Cn1nccc1CNc1ccc(F)c(N)c1C(=O)O. The molecule has 1 heterocycles. The molecule has 0 aliphatic heterocycles. The first-order valence-corrected chi connectivity index (χ1v) is 5.52. The Bertz CT molecular complexity index is 624. The van der Waals surface area contributed by atoms with Crippen molar-refractivity contribution in [3.8, 4) is 0 Å². The van der Waals surface area contributed by atoms with Crippen LogP contribution in [0.15, 0.2) is 24.4 Å². The van der Waals surface area contributed by atoms with Gasteiger partial charge in [0, 0.05) is 13.2 Å². The number of hydrogen-bond acceptors (Lipinski definition) is 4. The number of halogens is 1. The van der Waals surface area contributed by atoms with E-state index in [0.717, 1.165) is 11.8 Å². The van der Waals surface area contributed by atoms with Gasteiger partial charge in [-0.3, -0.25) is 4.68 Å². The topological polar surface area (TPSA) is 93.2 Å². The molecular formula is C12H13FN4O2. The fourth-order valence-corrected chi connectivity index (χ4v) is 1.73. The number of anilines is 2. The van der Waals surface area contributed by atoms with Crippen molar-refractivity contribution in [2.75, 3.05) is 11.1 Å². The van der Waals surface area contributed by atoms with Gasteiger partial charge in [-0.1, -0.05) is 0 Å². The van der Waals surface area contributed by atoms with E-state index in [0.29, 0.717) is 6.54 Å². The molecule has 0 unspecified atom stereocenters. The number of nitrogens with two attached hydrogens (primary N) is 1. The van der Waals surface area contributed by atoms with E-state index in [9.17, 15) is 9.18 Å². The van der Waals surface area contributed by atoms with Crippen LogP contribution < -0.4 is 11.1 Å². The van der Waals surface area contributed by atoms with Crippen molar-refractivity contribution in [3.05, 3.63) is 41.5 Å². The van der Waals surface area contributed by atoms with Gasteiger partial charge in [-0.2, -0.15) is 5.10 Å². The van der Waals surface area contributed by atoms with Crippen molar-refractivity contribution in [1.82, 2.24) is 9.78 Å². The highest BCUT2D eigenvalue weighted by atomic mass is 19.1. The zero-order valence-corrected chi connectivity index (χ0v) is 10.2. The molecule has 7 heteroatoms. The maximum Gasteiger partial charge on any atom is 0.340 e. The number of nitrogens with zero attached hydrogens (tertiary/aromatic N) is 2. The van der Waals surface area contributed by atoms with Gasteiger partial charge in [0.1, 0.15) is 11.4 Å². The first-order valence-electron chi connectivity index (χ1n) is 5.52. The fraction of sp³-hybridized carbons (Fsp3) is 0.167. The molecule has 0 spiro atoms. The molecule has 2 rings (SSSR count). The van der Waals surface area contributed by atoms with E-state index in [4.69, 9.17) is 10.8 Å². The monoisotopic (exact) mass is 264 g/mol. The molecule has 1 aromatic heterocycles. The Kier molecular flexibility index (Phi) is 3.37. The van der Waals surface area contributed by atoms with E-state index in [1.54, 1.807) is 24.0 Å². The smallest absolute Gasteiger partial charge is 0.340 e. The number of carbonyl (C=O) groups is 1. The van der Waals surface area contributed by atoms with E-state index in [1.807, 2.05) is 0 Å². The van der Waals surface area contributed by atoms with Crippen LogP contribution in [-0.4, -0.2) is 20.9 Å². The van der Waals surface area contributed by atoms with E-state index in [-0.39, 0.29) is 16.9 Å². The predicted molar refractivity (Wildman–Crippen MR) is 68.3 cm³/mol. The van der Waals surface area contributed by atoms with Crippen LogP contribution in [0.2, 0.25) is 0 Å². The third kappa shape index (κ3) is 2.49. The summed E-state index contributed by atoms with van der Waals surface area (Å²) in [4.78, 5) is 11.1. The van der Waals surface area contributed by atoms with Crippen molar-refractivity contribution >= 4 is 17.3 Å². The fourth-order valence-electron chi connectivity index (χ4n) is 1.73. The summed E-state index contributed by atoms with van der Waals surface area (Å²) < 4.78 is 14.9.